The number of hydrogen-bond donors (Lipinski definition) is 2. The van der Waals surface area contributed by atoms with Crippen LogP contribution in [0.3, 0.4) is 0 Å². The third-order valence-corrected chi connectivity index (χ3v) is 10.8. The lowest BCUT2D eigenvalue weighted by Crippen LogP contribution is -2.53. The van der Waals surface area contributed by atoms with E-state index in [1.54, 1.807) is 6.92 Å². The normalized spacial score (nSPS) is 25.6. The quantitative estimate of drug-likeness (QED) is 0.239. The van der Waals surface area contributed by atoms with Crippen LogP contribution >= 0.6 is 15.9 Å². The Morgan fingerprint density at radius 2 is 1.85 bits per heavy atom. The molecule has 0 amide bonds. The van der Waals surface area contributed by atoms with Crippen LogP contribution in [0.4, 0.5) is 13.2 Å². The first kappa shape index (κ1) is 31.5. The molecule has 41 heavy (non-hydrogen) atoms. The summed E-state index contributed by atoms with van der Waals surface area (Å²) < 4.78 is 66.7. The topological polar surface area (TPSA) is 105 Å². The van der Waals surface area contributed by atoms with Crippen LogP contribution in [0, 0.1) is 11.3 Å². The zero-order chi connectivity index (χ0) is 30.4. The van der Waals surface area contributed by atoms with Crippen molar-refractivity contribution in [2.75, 3.05) is 13.2 Å². The monoisotopic (exact) mass is 658 g/mol. The van der Waals surface area contributed by atoms with Crippen LogP contribution in [-0.4, -0.2) is 38.4 Å². The van der Waals surface area contributed by atoms with Gasteiger partial charge < -0.3 is 9.94 Å². The highest BCUT2D eigenvalue weighted by atomic mass is 79.9. The highest BCUT2D eigenvalue weighted by Gasteiger charge is 2.56. The molecule has 0 heterocycles. The van der Waals surface area contributed by atoms with E-state index in [9.17, 15) is 31.5 Å². The van der Waals surface area contributed by atoms with Crippen LogP contribution in [0.5, 0.6) is 0 Å². The fraction of sp³-hybridized carbons (Fsp3) is 0.517. The number of aliphatic carboxylic acids is 1. The molecule has 224 valence electrons. The predicted octanol–water partition coefficient (Wildman–Crippen LogP) is 6.84. The van der Waals surface area contributed by atoms with Gasteiger partial charge in [-0.2, -0.15) is 13.2 Å². The molecular weight excluding hydrogens is 625 g/mol. The number of carboxylic acid groups (broad SMARTS) is 1. The Morgan fingerprint density at radius 3 is 2.44 bits per heavy atom. The third kappa shape index (κ3) is 6.06. The maximum absolute atomic E-state index is 12.8. The van der Waals surface area contributed by atoms with Crippen molar-refractivity contribution in [1.82, 2.24) is 4.72 Å². The molecule has 0 aromatic heterocycles. The van der Waals surface area contributed by atoms with E-state index in [0.29, 0.717) is 30.7 Å². The molecule has 2 N–H and O–H groups in total. The first-order valence-corrected chi connectivity index (χ1v) is 15.7. The summed E-state index contributed by atoms with van der Waals surface area (Å²) in [6.07, 6.45) is -1.98. The summed E-state index contributed by atoms with van der Waals surface area (Å²) in [5.41, 5.74) is 1.33. The minimum atomic E-state index is -4.57. The Hall–Kier alpha value is -2.44. The first-order chi connectivity index (χ1) is 19.0. The number of sulfonamides is 1. The molecule has 0 radical (unpaired) electrons. The summed E-state index contributed by atoms with van der Waals surface area (Å²) in [5, 5.41) is 14.6. The van der Waals surface area contributed by atoms with Gasteiger partial charge in [-0.1, -0.05) is 48.3 Å². The lowest BCUT2D eigenvalue weighted by molar-refractivity contribution is -0.156. The molecular formula is C29H34BrF3N2O5S. The van der Waals surface area contributed by atoms with Gasteiger partial charge in [0, 0.05) is 16.6 Å². The molecule has 0 saturated heterocycles. The zero-order valence-electron chi connectivity index (χ0n) is 23.3. The van der Waals surface area contributed by atoms with Crippen molar-refractivity contribution < 1.29 is 36.3 Å². The molecule has 1 fully saturated rings. The molecule has 0 unspecified atom stereocenters. The minimum absolute atomic E-state index is 0.135. The Balaban J connectivity index is 1.57. The zero-order valence-corrected chi connectivity index (χ0v) is 25.7. The van der Waals surface area contributed by atoms with Gasteiger partial charge >= 0.3 is 12.1 Å². The average molecular weight is 660 g/mol. The van der Waals surface area contributed by atoms with Crippen LogP contribution in [-0.2, 0) is 31.2 Å². The van der Waals surface area contributed by atoms with Gasteiger partial charge in [0.25, 0.3) is 0 Å². The Labute approximate surface area is 246 Å². The summed E-state index contributed by atoms with van der Waals surface area (Å²) in [7, 11) is -4.06. The van der Waals surface area contributed by atoms with Crippen molar-refractivity contribution in [2.45, 2.75) is 75.8 Å². The molecule has 2 aliphatic carbocycles. The number of benzene rings is 2. The molecule has 3 atom stereocenters. The summed E-state index contributed by atoms with van der Waals surface area (Å²) in [4.78, 5) is 17.7. The summed E-state index contributed by atoms with van der Waals surface area (Å²) >= 11 is 3.71. The highest BCUT2D eigenvalue weighted by Crippen LogP contribution is 2.58. The second kappa shape index (κ2) is 11.3. The summed E-state index contributed by atoms with van der Waals surface area (Å²) in [6, 6.07) is 7.38. The molecule has 4 rings (SSSR count). The molecule has 0 spiro atoms. The lowest BCUT2D eigenvalue weighted by atomic mass is 9.49. The highest BCUT2D eigenvalue weighted by molar-refractivity contribution is 9.10. The number of alkyl halides is 3. The maximum atomic E-state index is 12.8. The van der Waals surface area contributed by atoms with Crippen molar-refractivity contribution >= 4 is 37.6 Å². The molecule has 2 aromatic carbocycles. The number of fused-ring (bicyclic) bond motifs is 3. The molecule has 0 aliphatic heterocycles. The van der Waals surface area contributed by atoms with Crippen molar-refractivity contribution in [3.63, 3.8) is 0 Å². The molecule has 0 bridgehead atoms. The van der Waals surface area contributed by atoms with E-state index in [-0.39, 0.29) is 35.3 Å². The lowest BCUT2D eigenvalue weighted by Gasteiger charge is -2.53. The van der Waals surface area contributed by atoms with Gasteiger partial charge in [-0.25, -0.2) is 13.1 Å². The van der Waals surface area contributed by atoms with E-state index in [4.69, 9.17) is 4.84 Å². The van der Waals surface area contributed by atoms with E-state index in [1.807, 2.05) is 0 Å². The Kier molecular flexibility index (Phi) is 8.70. The standard InChI is InChI=1S/C29H34BrF3N2O5S/c1-17(2)20-14-21-22(15-23(20)30)27(3)10-5-11-28(4,26(36)37)25(27)16-24(21)35-40-13-12-34-41(38,39)19-8-6-18(7-9-19)29(31,32)33/h6-9,14-15,17,25,34H,5,10-13,16H2,1-4H3,(H,36,37)/b35-24+/t25-,27-,28-/m1/s1. The smallest absolute Gasteiger partial charge is 0.416 e. The predicted molar refractivity (Wildman–Crippen MR) is 152 cm³/mol. The maximum Gasteiger partial charge on any atom is 0.416 e. The first-order valence-electron chi connectivity index (χ1n) is 13.4. The van der Waals surface area contributed by atoms with Gasteiger partial charge in [0.05, 0.1) is 21.6 Å². The van der Waals surface area contributed by atoms with E-state index in [1.165, 1.54) is 0 Å². The Morgan fingerprint density at radius 1 is 1.20 bits per heavy atom. The largest absolute Gasteiger partial charge is 0.481 e. The fourth-order valence-electron chi connectivity index (χ4n) is 6.29. The van der Waals surface area contributed by atoms with Gasteiger partial charge in [-0.05, 0) is 91.0 Å². The number of carboxylic acids is 1. The molecule has 12 heteroatoms. The van der Waals surface area contributed by atoms with E-state index in [0.717, 1.165) is 46.1 Å². The number of nitrogens with one attached hydrogen (secondary N) is 1. The van der Waals surface area contributed by atoms with Gasteiger partial charge in [-0.3, -0.25) is 4.79 Å². The van der Waals surface area contributed by atoms with Crippen LogP contribution in [0.25, 0.3) is 0 Å². The molecule has 2 aliphatic rings. The number of nitrogens with zero attached hydrogens (tertiary/aromatic N) is 1. The molecule has 2 aromatic rings. The van der Waals surface area contributed by atoms with Gasteiger partial charge in [0.2, 0.25) is 10.0 Å². The fourth-order valence-corrected chi connectivity index (χ4v) is 8.10. The van der Waals surface area contributed by atoms with E-state index in [2.05, 4.69) is 58.7 Å². The van der Waals surface area contributed by atoms with Crippen LogP contribution < -0.4 is 4.72 Å². The van der Waals surface area contributed by atoms with Crippen molar-refractivity contribution in [3.8, 4) is 0 Å². The average Bonchev–Trinajstić information content (AvgIpc) is 2.88. The van der Waals surface area contributed by atoms with Crippen LogP contribution in [0.15, 0.2) is 50.9 Å². The third-order valence-electron chi connectivity index (χ3n) is 8.65. The van der Waals surface area contributed by atoms with Crippen molar-refractivity contribution in [1.29, 1.82) is 0 Å². The number of carbonyl (C=O) groups is 1. The van der Waals surface area contributed by atoms with E-state index < -0.39 is 33.1 Å². The van der Waals surface area contributed by atoms with Crippen molar-refractivity contribution in [3.05, 3.63) is 63.1 Å². The second-order valence-electron chi connectivity index (χ2n) is 11.6. The van der Waals surface area contributed by atoms with E-state index >= 15 is 0 Å². The second-order valence-corrected chi connectivity index (χ2v) is 14.2. The molecule has 1 saturated carbocycles. The number of hydrogen-bond acceptors (Lipinski definition) is 5. The summed E-state index contributed by atoms with van der Waals surface area (Å²) in [5.74, 6) is -0.851. The van der Waals surface area contributed by atoms with Crippen LogP contribution in [0.1, 0.15) is 81.5 Å². The van der Waals surface area contributed by atoms with Crippen LogP contribution in [0.2, 0.25) is 0 Å². The minimum Gasteiger partial charge on any atom is -0.481 e. The number of halogens is 4. The number of oxime groups is 1. The molecule has 7 nitrogen and oxygen atoms in total. The number of rotatable bonds is 8. The van der Waals surface area contributed by atoms with Gasteiger partial charge in [0.15, 0.2) is 0 Å². The van der Waals surface area contributed by atoms with Gasteiger partial charge in [-0.15, -0.1) is 0 Å². The van der Waals surface area contributed by atoms with Crippen molar-refractivity contribution in [2.24, 2.45) is 16.5 Å². The Bertz CT molecular complexity index is 1460. The summed E-state index contributed by atoms with van der Waals surface area (Å²) in [6.45, 7) is 7.79. The SMILES string of the molecule is CC(C)c1cc2c(cc1Br)[C@@]1(C)CCC[C@@](C)(C(=O)O)[C@@H]1C/C2=N\OCCNS(=O)(=O)c1ccc(C(F)(F)F)cc1. The van der Waals surface area contributed by atoms with Gasteiger partial charge in [0.1, 0.15) is 6.61 Å².